The molecule has 17 heavy (non-hydrogen) atoms. The van der Waals surface area contributed by atoms with E-state index in [9.17, 15) is 9.59 Å². The maximum absolute atomic E-state index is 11.6. The molecule has 1 fully saturated rings. The average Bonchev–Trinajstić information content (AvgIpc) is 2.35. The van der Waals surface area contributed by atoms with Gasteiger partial charge in [-0.3, -0.25) is 4.79 Å². The first-order chi connectivity index (χ1) is 8.29. The molecule has 0 bridgehead atoms. The molecule has 1 aliphatic heterocycles. The average molecular weight is 235 g/mol. The maximum Gasteiger partial charge on any atom is 0.223 e. The van der Waals surface area contributed by atoms with Gasteiger partial charge in [-0.15, -0.1) is 5.92 Å². The number of amides is 1. The van der Waals surface area contributed by atoms with Gasteiger partial charge in [0.05, 0.1) is 12.6 Å². The van der Waals surface area contributed by atoms with E-state index >= 15 is 0 Å². The molecular weight excluding hydrogens is 214 g/mol. The number of likely N-dealkylation sites (tertiary alicyclic amines) is 1. The molecule has 0 aromatic heterocycles. The van der Waals surface area contributed by atoms with Gasteiger partial charge in [0.25, 0.3) is 0 Å². The number of rotatable bonds is 5. The summed E-state index contributed by atoms with van der Waals surface area (Å²) in [6.07, 6.45) is 7.44. The fourth-order valence-corrected chi connectivity index (χ4v) is 1.99. The van der Waals surface area contributed by atoms with Crippen LogP contribution in [0.5, 0.6) is 0 Å². The first-order valence-electron chi connectivity index (χ1n) is 6.50. The minimum atomic E-state index is -0.249. The third-order valence-corrected chi connectivity index (χ3v) is 3.05. The van der Waals surface area contributed by atoms with E-state index in [4.69, 9.17) is 0 Å². The second kappa shape index (κ2) is 7.89. The van der Waals surface area contributed by atoms with Crippen LogP contribution in [0.15, 0.2) is 0 Å². The molecule has 0 radical (unpaired) electrons. The zero-order chi connectivity index (χ0) is 12.5. The number of carbonyl (C=O) groups is 2. The Morgan fingerprint density at radius 3 is 2.94 bits per heavy atom. The Morgan fingerprint density at radius 2 is 2.24 bits per heavy atom. The molecule has 1 atom stereocenters. The molecule has 0 N–H and O–H groups in total. The topological polar surface area (TPSA) is 37.4 Å². The van der Waals surface area contributed by atoms with E-state index in [1.54, 1.807) is 4.90 Å². The Bertz CT molecular complexity index is 314. The molecule has 0 aromatic rings. The predicted octanol–water partition coefficient (Wildman–Crippen LogP) is 2.15. The molecule has 1 heterocycles. The van der Waals surface area contributed by atoms with E-state index in [2.05, 4.69) is 18.8 Å². The number of unbranched alkanes of at least 4 members (excludes halogenated alkanes) is 3. The molecule has 1 unspecified atom stereocenters. The molecule has 1 aliphatic rings. The minimum absolute atomic E-state index is 0.0659. The van der Waals surface area contributed by atoms with Gasteiger partial charge in [0.15, 0.2) is 0 Å². The molecular formula is C14H21NO2. The molecule has 1 saturated heterocycles. The van der Waals surface area contributed by atoms with Crippen molar-refractivity contribution >= 4 is 12.2 Å². The number of nitrogens with zero attached hydrogens (tertiary/aromatic N) is 1. The summed E-state index contributed by atoms with van der Waals surface area (Å²) in [7, 11) is 0. The van der Waals surface area contributed by atoms with Crippen LogP contribution in [0.25, 0.3) is 0 Å². The zero-order valence-corrected chi connectivity index (χ0v) is 10.6. The number of carbonyl (C=O) groups excluding carboxylic acids is 2. The lowest BCUT2D eigenvalue weighted by Gasteiger charge is -2.30. The smallest absolute Gasteiger partial charge is 0.223 e. The zero-order valence-electron chi connectivity index (χ0n) is 10.6. The molecule has 3 nitrogen and oxygen atoms in total. The lowest BCUT2D eigenvalue weighted by Crippen LogP contribution is -2.44. The first-order valence-corrected chi connectivity index (χ1v) is 6.50. The van der Waals surface area contributed by atoms with Crippen molar-refractivity contribution in [2.24, 2.45) is 0 Å². The van der Waals surface area contributed by atoms with Crippen LogP contribution < -0.4 is 0 Å². The summed E-state index contributed by atoms with van der Waals surface area (Å²) in [5.74, 6) is 6.14. The van der Waals surface area contributed by atoms with Gasteiger partial charge in [-0.1, -0.05) is 25.7 Å². The summed E-state index contributed by atoms with van der Waals surface area (Å²) in [5, 5.41) is 0. The van der Waals surface area contributed by atoms with Crippen molar-refractivity contribution in [1.29, 1.82) is 0 Å². The van der Waals surface area contributed by atoms with E-state index in [0.717, 1.165) is 32.0 Å². The van der Waals surface area contributed by atoms with Gasteiger partial charge < -0.3 is 9.69 Å². The van der Waals surface area contributed by atoms with Gasteiger partial charge in [-0.2, -0.15) is 0 Å². The molecule has 0 spiro atoms. The Morgan fingerprint density at radius 1 is 1.41 bits per heavy atom. The first kappa shape index (κ1) is 13.8. The van der Waals surface area contributed by atoms with Crippen LogP contribution in [0.3, 0.4) is 0 Å². The Kier molecular flexibility index (Phi) is 6.39. The second-order valence-corrected chi connectivity index (χ2v) is 4.43. The number of piperidine rings is 1. The van der Waals surface area contributed by atoms with Gasteiger partial charge in [0.1, 0.15) is 6.29 Å². The van der Waals surface area contributed by atoms with E-state index in [1.807, 2.05) is 0 Å². The highest BCUT2D eigenvalue weighted by Gasteiger charge is 2.26. The van der Waals surface area contributed by atoms with Gasteiger partial charge in [0.2, 0.25) is 5.91 Å². The summed E-state index contributed by atoms with van der Waals surface area (Å²) in [5.41, 5.74) is 0. The second-order valence-electron chi connectivity index (χ2n) is 4.43. The van der Waals surface area contributed by atoms with Crippen molar-refractivity contribution in [3.8, 4) is 11.8 Å². The highest BCUT2D eigenvalue weighted by molar-refractivity contribution is 5.81. The third-order valence-electron chi connectivity index (χ3n) is 3.05. The highest BCUT2D eigenvalue weighted by atomic mass is 16.2. The number of hydrogen-bond acceptors (Lipinski definition) is 2. The van der Waals surface area contributed by atoms with Crippen LogP contribution in [0.2, 0.25) is 0 Å². The van der Waals surface area contributed by atoms with Gasteiger partial charge in [-0.05, 0) is 19.3 Å². The van der Waals surface area contributed by atoms with Crippen molar-refractivity contribution in [1.82, 2.24) is 4.90 Å². The van der Waals surface area contributed by atoms with E-state index in [0.29, 0.717) is 13.0 Å². The van der Waals surface area contributed by atoms with Gasteiger partial charge in [0, 0.05) is 12.8 Å². The van der Waals surface area contributed by atoms with Crippen molar-refractivity contribution in [3.05, 3.63) is 0 Å². The fourth-order valence-electron chi connectivity index (χ4n) is 1.99. The summed E-state index contributed by atoms with van der Waals surface area (Å²) in [4.78, 5) is 24.1. The van der Waals surface area contributed by atoms with Crippen molar-refractivity contribution in [3.63, 3.8) is 0 Å². The summed E-state index contributed by atoms with van der Waals surface area (Å²) >= 11 is 0. The Balaban J connectivity index is 2.36. The van der Waals surface area contributed by atoms with E-state index < -0.39 is 0 Å². The number of aldehydes is 1. The van der Waals surface area contributed by atoms with Crippen molar-refractivity contribution < 1.29 is 9.59 Å². The monoisotopic (exact) mass is 235 g/mol. The molecule has 94 valence electrons. The van der Waals surface area contributed by atoms with Gasteiger partial charge in [-0.25, -0.2) is 0 Å². The minimum Gasteiger partial charge on any atom is -0.322 e. The molecule has 0 aromatic carbocycles. The molecule has 3 heteroatoms. The van der Waals surface area contributed by atoms with Crippen molar-refractivity contribution in [2.45, 2.75) is 57.9 Å². The van der Waals surface area contributed by atoms with Gasteiger partial charge >= 0.3 is 0 Å². The molecule has 0 saturated carbocycles. The summed E-state index contributed by atoms with van der Waals surface area (Å²) in [6.45, 7) is 2.57. The van der Waals surface area contributed by atoms with Crippen LogP contribution >= 0.6 is 0 Å². The Labute approximate surface area is 104 Å². The van der Waals surface area contributed by atoms with Crippen molar-refractivity contribution in [2.75, 3.05) is 6.54 Å². The molecule has 1 amide bonds. The van der Waals surface area contributed by atoms with E-state index in [1.165, 1.54) is 12.8 Å². The van der Waals surface area contributed by atoms with E-state index in [-0.39, 0.29) is 11.9 Å². The van der Waals surface area contributed by atoms with Crippen LogP contribution in [0.4, 0.5) is 0 Å². The normalized spacial score (nSPS) is 19.7. The standard InChI is InChI=1S/C14H21NO2/c1-2-3-4-5-6-7-11-15-13(12-16)9-8-10-14(15)17/h12-13H,2-5,8-11H2,1H3. The SMILES string of the molecule is CCCCCC#CCN1C(=O)CCCC1C=O. The lowest BCUT2D eigenvalue weighted by atomic mass is 10.0. The summed E-state index contributed by atoms with van der Waals surface area (Å²) in [6, 6.07) is -0.249. The quantitative estimate of drug-likeness (QED) is 0.416. The molecule has 0 aliphatic carbocycles. The summed E-state index contributed by atoms with van der Waals surface area (Å²) < 4.78 is 0. The highest BCUT2D eigenvalue weighted by Crippen LogP contribution is 2.15. The Hall–Kier alpha value is -1.30. The van der Waals surface area contributed by atoms with Crippen LogP contribution in [0, 0.1) is 11.8 Å². The largest absolute Gasteiger partial charge is 0.322 e. The lowest BCUT2D eigenvalue weighted by molar-refractivity contribution is -0.138. The molecule has 1 rings (SSSR count). The fraction of sp³-hybridized carbons (Fsp3) is 0.714. The maximum atomic E-state index is 11.6. The van der Waals surface area contributed by atoms with Crippen LogP contribution in [-0.2, 0) is 9.59 Å². The third kappa shape index (κ3) is 4.60. The van der Waals surface area contributed by atoms with Crippen LogP contribution in [-0.4, -0.2) is 29.7 Å². The number of hydrogen-bond donors (Lipinski definition) is 0. The van der Waals surface area contributed by atoms with Crippen LogP contribution in [0.1, 0.15) is 51.9 Å². The predicted molar refractivity (Wildman–Crippen MR) is 67.3 cm³/mol.